The van der Waals surface area contributed by atoms with E-state index in [1.54, 1.807) is 18.3 Å². The van der Waals surface area contributed by atoms with E-state index in [2.05, 4.69) is 15.2 Å². The van der Waals surface area contributed by atoms with Crippen molar-refractivity contribution in [1.82, 2.24) is 14.5 Å². The Morgan fingerprint density at radius 1 is 1.13 bits per heavy atom. The monoisotopic (exact) mass is 406 g/mol. The average Bonchev–Trinajstić information content (AvgIpc) is 2.76. The van der Waals surface area contributed by atoms with Crippen molar-refractivity contribution in [1.29, 1.82) is 0 Å². The van der Waals surface area contributed by atoms with Crippen LogP contribution in [0.3, 0.4) is 0 Å². The third kappa shape index (κ3) is 4.27. The van der Waals surface area contributed by atoms with Gasteiger partial charge in [-0.2, -0.15) is 0 Å². The van der Waals surface area contributed by atoms with E-state index in [1.807, 2.05) is 42.7 Å². The maximum Gasteiger partial charge on any atom is 0.261 e. The van der Waals surface area contributed by atoms with Gasteiger partial charge >= 0.3 is 0 Å². The van der Waals surface area contributed by atoms with Crippen LogP contribution >= 0.6 is 0 Å². The van der Waals surface area contributed by atoms with Crippen molar-refractivity contribution in [3.05, 3.63) is 69.6 Å². The highest BCUT2D eigenvalue weighted by Crippen LogP contribution is 2.15. The number of morpholine rings is 1. The van der Waals surface area contributed by atoms with Crippen LogP contribution in [-0.2, 0) is 17.8 Å². The van der Waals surface area contributed by atoms with E-state index in [-0.39, 0.29) is 11.0 Å². The number of nitrogens with zero attached hydrogens (tertiary/aromatic N) is 3. The van der Waals surface area contributed by atoms with Crippen LogP contribution in [-0.4, -0.2) is 46.7 Å². The lowest BCUT2D eigenvalue weighted by atomic mass is 10.1. The molecule has 4 rings (SSSR count). The summed E-state index contributed by atoms with van der Waals surface area (Å²) in [6.45, 7) is 8.71. The van der Waals surface area contributed by atoms with Gasteiger partial charge in [0.2, 0.25) is 5.43 Å². The number of anilines is 1. The Morgan fingerprint density at radius 2 is 1.87 bits per heavy atom. The predicted octanol–water partition coefficient (Wildman–Crippen LogP) is 2.81. The van der Waals surface area contributed by atoms with E-state index in [0.717, 1.165) is 38.5 Å². The van der Waals surface area contributed by atoms with Gasteiger partial charge in [0, 0.05) is 43.8 Å². The number of nitrogens with one attached hydrogen (secondary N) is 1. The Morgan fingerprint density at radius 3 is 2.57 bits per heavy atom. The Labute approximate surface area is 175 Å². The first-order chi connectivity index (χ1) is 14.5. The van der Waals surface area contributed by atoms with Gasteiger partial charge in [-0.15, -0.1) is 0 Å². The van der Waals surface area contributed by atoms with Crippen LogP contribution in [0.25, 0.3) is 11.0 Å². The highest BCUT2D eigenvalue weighted by Gasteiger charge is 2.16. The molecule has 0 spiro atoms. The second-order valence-corrected chi connectivity index (χ2v) is 7.52. The SMILES string of the molecule is CCn1cc(C(=O)Nc2ccc(CN3CCOCC3)cc2)c(=O)c2ccc(C)nc21. The first-order valence-corrected chi connectivity index (χ1v) is 10.3. The number of fused-ring (bicyclic) bond motifs is 1. The Bertz CT molecular complexity index is 1120. The first kappa shape index (κ1) is 20.3. The van der Waals surface area contributed by atoms with E-state index in [4.69, 9.17) is 4.74 Å². The molecule has 3 heterocycles. The number of rotatable bonds is 5. The van der Waals surface area contributed by atoms with Gasteiger partial charge in [0.1, 0.15) is 11.2 Å². The molecule has 30 heavy (non-hydrogen) atoms. The fourth-order valence-corrected chi connectivity index (χ4v) is 3.67. The van der Waals surface area contributed by atoms with E-state index < -0.39 is 5.91 Å². The van der Waals surface area contributed by atoms with Crippen molar-refractivity contribution in [2.24, 2.45) is 0 Å². The molecule has 1 aliphatic heterocycles. The molecule has 1 saturated heterocycles. The number of hydrogen-bond acceptors (Lipinski definition) is 5. The molecule has 3 aromatic rings. The summed E-state index contributed by atoms with van der Waals surface area (Å²) in [6.07, 6.45) is 1.60. The fourth-order valence-electron chi connectivity index (χ4n) is 3.67. The fraction of sp³-hybridized carbons (Fsp3) is 0.348. The zero-order valence-corrected chi connectivity index (χ0v) is 17.4. The number of ether oxygens (including phenoxy) is 1. The molecule has 156 valence electrons. The highest BCUT2D eigenvalue weighted by atomic mass is 16.5. The van der Waals surface area contributed by atoms with Crippen LogP contribution in [0.2, 0.25) is 0 Å². The number of pyridine rings is 2. The van der Waals surface area contributed by atoms with Crippen molar-refractivity contribution in [2.45, 2.75) is 26.9 Å². The van der Waals surface area contributed by atoms with Crippen LogP contribution in [0, 0.1) is 6.92 Å². The van der Waals surface area contributed by atoms with E-state index in [0.29, 0.717) is 23.3 Å². The zero-order valence-electron chi connectivity index (χ0n) is 17.4. The number of amides is 1. The molecule has 1 aromatic carbocycles. The molecule has 1 N–H and O–H groups in total. The summed E-state index contributed by atoms with van der Waals surface area (Å²) in [5.74, 6) is -0.411. The summed E-state index contributed by atoms with van der Waals surface area (Å²) < 4.78 is 7.22. The van der Waals surface area contributed by atoms with Crippen molar-refractivity contribution in [2.75, 3.05) is 31.6 Å². The number of benzene rings is 1. The molecule has 1 aliphatic rings. The van der Waals surface area contributed by atoms with Crippen LogP contribution in [0.1, 0.15) is 28.5 Å². The smallest absolute Gasteiger partial charge is 0.261 e. The molecule has 1 amide bonds. The van der Waals surface area contributed by atoms with E-state index in [1.165, 1.54) is 5.56 Å². The molecular weight excluding hydrogens is 380 g/mol. The quantitative estimate of drug-likeness (QED) is 0.705. The number of hydrogen-bond donors (Lipinski definition) is 1. The summed E-state index contributed by atoms with van der Waals surface area (Å²) >= 11 is 0. The predicted molar refractivity (Wildman–Crippen MR) is 117 cm³/mol. The van der Waals surface area contributed by atoms with Gasteiger partial charge in [0.25, 0.3) is 5.91 Å². The summed E-state index contributed by atoms with van der Waals surface area (Å²) in [4.78, 5) is 32.5. The second kappa shape index (κ2) is 8.77. The number of carbonyl (C=O) groups is 1. The standard InChI is InChI=1S/C23H26N4O3/c1-3-27-15-20(21(28)19-9-4-16(2)24-22(19)27)23(29)25-18-7-5-17(6-8-18)14-26-10-12-30-13-11-26/h4-9,15H,3,10-14H2,1-2H3,(H,25,29). The summed E-state index contributed by atoms with van der Waals surface area (Å²) in [7, 11) is 0. The lowest BCUT2D eigenvalue weighted by Crippen LogP contribution is -2.35. The Hall–Kier alpha value is -3.03. The average molecular weight is 406 g/mol. The molecule has 0 radical (unpaired) electrons. The van der Waals surface area contributed by atoms with Gasteiger partial charge in [0.05, 0.1) is 18.6 Å². The van der Waals surface area contributed by atoms with Gasteiger partial charge in [-0.05, 0) is 43.7 Å². The molecule has 2 aromatic heterocycles. The van der Waals surface area contributed by atoms with Gasteiger partial charge < -0.3 is 14.6 Å². The molecule has 7 nitrogen and oxygen atoms in total. The van der Waals surface area contributed by atoms with Crippen molar-refractivity contribution < 1.29 is 9.53 Å². The van der Waals surface area contributed by atoms with Gasteiger partial charge in [0.15, 0.2) is 0 Å². The Balaban J connectivity index is 1.53. The molecular formula is C23H26N4O3. The molecule has 0 bridgehead atoms. The lowest BCUT2D eigenvalue weighted by Gasteiger charge is -2.26. The largest absolute Gasteiger partial charge is 0.379 e. The minimum absolute atomic E-state index is 0.118. The third-order valence-corrected chi connectivity index (χ3v) is 5.37. The van der Waals surface area contributed by atoms with Crippen molar-refractivity contribution >= 4 is 22.6 Å². The number of carbonyl (C=O) groups excluding carboxylic acids is 1. The maximum absolute atomic E-state index is 12.9. The van der Waals surface area contributed by atoms with Crippen LogP contribution in [0.4, 0.5) is 5.69 Å². The van der Waals surface area contributed by atoms with Gasteiger partial charge in [-0.25, -0.2) is 4.98 Å². The molecule has 7 heteroatoms. The third-order valence-electron chi connectivity index (χ3n) is 5.37. The summed E-state index contributed by atoms with van der Waals surface area (Å²) in [6, 6.07) is 11.3. The van der Waals surface area contributed by atoms with Gasteiger partial charge in [-0.1, -0.05) is 12.1 Å². The van der Waals surface area contributed by atoms with Crippen molar-refractivity contribution in [3.8, 4) is 0 Å². The van der Waals surface area contributed by atoms with E-state index >= 15 is 0 Å². The number of aromatic nitrogens is 2. The molecule has 1 fully saturated rings. The maximum atomic E-state index is 12.9. The topological polar surface area (TPSA) is 76.5 Å². The molecule has 0 saturated carbocycles. The number of aryl methyl sites for hydroxylation is 2. The molecule has 0 atom stereocenters. The normalized spacial score (nSPS) is 14.7. The minimum Gasteiger partial charge on any atom is -0.379 e. The van der Waals surface area contributed by atoms with Gasteiger partial charge in [-0.3, -0.25) is 14.5 Å². The minimum atomic E-state index is -0.411. The van der Waals surface area contributed by atoms with Crippen molar-refractivity contribution in [3.63, 3.8) is 0 Å². The van der Waals surface area contributed by atoms with Crippen LogP contribution in [0.15, 0.2) is 47.4 Å². The molecule has 0 unspecified atom stereocenters. The van der Waals surface area contributed by atoms with Crippen LogP contribution < -0.4 is 10.7 Å². The first-order valence-electron chi connectivity index (χ1n) is 10.3. The lowest BCUT2D eigenvalue weighted by molar-refractivity contribution is 0.0342. The zero-order chi connectivity index (χ0) is 21.1. The van der Waals surface area contributed by atoms with E-state index in [9.17, 15) is 9.59 Å². The summed E-state index contributed by atoms with van der Waals surface area (Å²) in [5, 5.41) is 3.31. The van der Waals surface area contributed by atoms with Crippen LogP contribution in [0.5, 0.6) is 0 Å². The summed E-state index contributed by atoms with van der Waals surface area (Å²) in [5.41, 5.74) is 3.09. The highest BCUT2D eigenvalue weighted by molar-refractivity contribution is 6.05. The second-order valence-electron chi connectivity index (χ2n) is 7.52. The Kier molecular flexibility index (Phi) is 5.92. The molecule has 0 aliphatic carbocycles.